The van der Waals surface area contributed by atoms with Crippen LogP contribution in [0, 0.1) is 0 Å². The number of esters is 1. The second kappa shape index (κ2) is 14.5. The first-order valence-electron chi connectivity index (χ1n) is 12.5. The summed E-state index contributed by atoms with van der Waals surface area (Å²) in [7, 11) is 1.53. The van der Waals surface area contributed by atoms with Crippen molar-refractivity contribution in [3.8, 4) is 0 Å². The lowest BCUT2D eigenvalue weighted by atomic mass is 10.0. The molecule has 2 amide bonds. The molecule has 0 aromatic carbocycles. The highest BCUT2D eigenvalue weighted by molar-refractivity contribution is 7.12. The maximum absolute atomic E-state index is 12.8. The number of aromatic amines is 1. The SMILES string of the molecule is CCc1[nH]c(C(=O)NC2CCN(CCOC(=O)c3scnc3C(=O)NCCOC)CC2OC(C)C)nc1Cl. The van der Waals surface area contributed by atoms with Crippen molar-refractivity contribution in [3.63, 3.8) is 0 Å². The molecular formula is C24H35ClN6O6S. The number of amides is 2. The van der Waals surface area contributed by atoms with Crippen molar-refractivity contribution in [3.05, 3.63) is 32.8 Å². The molecule has 0 saturated carbocycles. The quantitative estimate of drug-likeness (QED) is 0.242. The minimum atomic E-state index is -0.593. The highest BCUT2D eigenvalue weighted by Gasteiger charge is 2.33. The molecule has 1 saturated heterocycles. The summed E-state index contributed by atoms with van der Waals surface area (Å²) in [6.45, 7) is 8.32. The van der Waals surface area contributed by atoms with Crippen molar-refractivity contribution in [1.82, 2.24) is 30.5 Å². The van der Waals surface area contributed by atoms with Crippen LogP contribution in [-0.2, 0) is 20.6 Å². The van der Waals surface area contributed by atoms with Crippen molar-refractivity contribution in [2.45, 2.75) is 51.9 Å². The second-order valence-electron chi connectivity index (χ2n) is 9.02. The maximum atomic E-state index is 12.8. The lowest BCUT2D eigenvalue weighted by Crippen LogP contribution is -2.56. The van der Waals surface area contributed by atoms with E-state index in [0.717, 1.165) is 11.3 Å². The fourth-order valence-electron chi connectivity index (χ4n) is 4.04. The van der Waals surface area contributed by atoms with Gasteiger partial charge in [0.05, 0.1) is 36.1 Å². The number of aromatic nitrogens is 3. The van der Waals surface area contributed by atoms with Gasteiger partial charge >= 0.3 is 5.97 Å². The molecule has 0 bridgehead atoms. The number of rotatable bonds is 13. The monoisotopic (exact) mass is 570 g/mol. The zero-order valence-corrected chi connectivity index (χ0v) is 23.6. The van der Waals surface area contributed by atoms with Gasteiger partial charge in [0.15, 0.2) is 16.7 Å². The Morgan fingerprint density at radius 3 is 2.76 bits per heavy atom. The number of carbonyl (C=O) groups is 3. The van der Waals surface area contributed by atoms with E-state index in [9.17, 15) is 14.4 Å². The third kappa shape index (κ3) is 8.21. The number of likely N-dealkylation sites (tertiary alicyclic amines) is 1. The molecule has 0 spiro atoms. The van der Waals surface area contributed by atoms with Gasteiger partial charge < -0.3 is 29.8 Å². The number of hydrogen-bond acceptors (Lipinski definition) is 10. The summed E-state index contributed by atoms with van der Waals surface area (Å²) in [4.78, 5) is 51.1. The van der Waals surface area contributed by atoms with Gasteiger partial charge in [-0.05, 0) is 26.7 Å². The smallest absolute Gasteiger partial charge is 0.350 e. The van der Waals surface area contributed by atoms with Gasteiger partial charge in [-0.2, -0.15) is 0 Å². The van der Waals surface area contributed by atoms with Crippen molar-refractivity contribution < 1.29 is 28.6 Å². The van der Waals surface area contributed by atoms with Crippen LogP contribution in [0.4, 0.5) is 0 Å². The average Bonchev–Trinajstić information content (AvgIpc) is 3.52. The van der Waals surface area contributed by atoms with Gasteiger partial charge in [0.2, 0.25) is 0 Å². The van der Waals surface area contributed by atoms with E-state index in [1.165, 1.54) is 12.6 Å². The zero-order valence-electron chi connectivity index (χ0n) is 22.0. The minimum absolute atomic E-state index is 0.0401. The zero-order chi connectivity index (χ0) is 27.7. The molecule has 38 heavy (non-hydrogen) atoms. The van der Waals surface area contributed by atoms with Gasteiger partial charge in [0.1, 0.15) is 11.5 Å². The standard InChI is InChI=1S/C24H35ClN6O6S/c1-5-15-20(25)30-21(28-15)23(33)29-16-6-8-31(12-17(16)37-14(2)3)9-11-36-24(34)19-18(27-13-38-19)22(32)26-7-10-35-4/h13-14,16-17H,5-12H2,1-4H3,(H,26,32)(H,28,30)(H,29,33). The first-order chi connectivity index (χ1) is 18.2. The van der Waals surface area contributed by atoms with Crippen LogP contribution < -0.4 is 10.6 Å². The molecular weight excluding hydrogens is 536 g/mol. The number of methoxy groups -OCH3 is 1. The normalized spacial score (nSPS) is 17.9. The molecule has 2 aromatic rings. The number of H-pyrrole nitrogens is 1. The fourth-order valence-corrected chi connectivity index (χ4v) is 4.98. The molecule has 2 aromatic heterocycles. The minimum Gasteiger partial charge on any atom is -0.460 e. The number of nitrogens with one attached hydrogen (secondary N) is 3. The van der Waals surface area contributed by atoms with Gasteiger partial charge in [-0.25, -0.2) is 14.8 Å². The average molecular weight is 571 g/mol. The predicted molar refractivity (Wildman–Crippen MR) is 142 cm³/mol. The molecule has 3 heterocycles. The third-order valence-corrected chi connectivity index (χ3v) is 7.02. The third-order valence-electron chi connectivity index (χ3n) is 5.90. The second-order valence-corrected chi connectivity index (χ2v) is 10.2. The maximum Gasteiger partial charge on any atom is 0.350 e. The number of aryl methyl sites for hydroxylation is 1. The first-order valence-corrected chi connectivity index (χ1v) is 13.8. The number of carbonyl (C=O) groups excluding carboxylic acids is 3. The number of ether oxygens (including phenoxy) is 3. The molecule has 1 aliphatic rings. The molecule has 2 unspecified atom stereocenters. The molecule has 12 nitrogen and oxygen atoms in total. The molecule has 1 aliphatic heterocycles. The van der Waals surface area contributed by atoms with E-state index >= 15 is 0 Å². The Balaban J connectivity index is 1.51. The van der Waals surface area contributed by atoms with Crippen LogP contribution in [0.3, 0.4) is 0 Å². The highest BCUT2D eigenvalue weighted by atomic mass is 35.5. The van der Waals surface area contributed by atoms with Crippen LogP contribution in [-0.4, -0.2) is 102 Å². The van der Waals surface area contributed by atoms with E-state index in [-0.39, 0.29) is 47.2 Å². The summed E-state index contributed by atoms with van der Waals surface area (Å²) in [5, 5.41) is 5.98. The molecule has 14 heteroatoms. The summed E-state index contributed by atoms with van der Waals surface area (Å²) < 4.78 is 16.5. The van der Waals surface area contributed by atoms with Crippen LogP contribution in [0.25, 0.3) is 0 Å². The largest absolute Gasteiger partial charge is 0.460 e. The van der Waals surface area contributed by atoms with Crippen molar-refractivity contribution >= 4 is 40.7 Å². The van der Waals surface area contributed by atoms with E-state index < -0.39 is 11.9 Å². The molecule has 2 atom stereocenters. The van der Waals surface area contributed by atoms with Gasteiger partial charge in [0, 0.05) is 33.3 Å². The van der Waals surface area contributed by atoms with E-state index in [2.05, 4.69) is 30.5 Å². The van der Waals surface area contributed by atoms with Crippen LogP contribution in [0.5, 0.6) is 0 Å². The Morgan fingerprint density at radius 2 is 2.08 bits per heavy atom. The molecule has 3 N–H and O–H groups in total. The van der Waals surface area contributed by atoms with Gasteiger partial charge in [-0.15, -0.1) is 11.3 Å². The fraction of sp³-hybridized carbons (Fsp3) is 0.625. The van der Waals surface area contributed by atoms with Crippen LogP contribution in [0.1, 0.15) is 63.7 Å². The van der Waals surface area contributed by atoms with Crippen LogP contribution in [0.2, 0.25) is 5.15 Å². The van der Waals surface area contributed by atoms with Crippen molar-refractivity contribution in [1.29, 1.82) is 0 Å². The summed E-state index contributed by atoms with van der Waals surface area (Å²) >= 11 is 7.14. The van der Waals surface area contributed by atoms with Crippen LogP contribution >= 0.6 is 22.9 Å². The van der Waals surface area contributed by atoms with Crippen molar-refractivity contribution in [2.24, 2.45) is 0 Å². The van der Waals surface area contributed by atoms with Crippen LogP contribution in [0.15, 0.2) is 5.51 Å². The van der Waals surface area contributed by atoms with E-state index in [0.29, 0.717) is 56.5 Å². The van der Waals surface area contributed by atoms with E-state index in [4.69, 9.17) is 25.8 Å². The summed E-state index contributed by atoms with van der Waals surface area (Å²) in [5.74, 6) is -1.19. The molecule has 0 aliphatic carbocycles. The molecule has 210 valence electrons. The topological polar surface area (TPSA) is 148 Å². The Kier molecular flexibility index (Phi) is 11.5. The lowest BCUT2D eigenvalue weighted by molar-refractivity contribution is -0.0526. The van der Waals surface area contributed by atoms with Crippen molar-refractivity contribution in [2.75, 3.05) is 46.5 Å². The van der Waals surface area contributed by atoms with E-state index in [1.54, 1.807) is 0 Å². The Hall–Kier alpha value is -2.58. The van der Waals surface area contributed by atoms with Gasteiger partial charge in [0.25, 0.3) is 11.8 Å². The number of halogens is 1. The summed E-state index contributed by atoms with van der Waals surface area (Å²) in [6, 6.07) is -0.214. The Morgan fingerprint density at radius 1 is 1.29 bits per heavy atom. The molecule has 3 rings (SSSR count). The summed E-state index contributed by atoms with van der Waals surface area (Å²) in [6.07, 6.45) is 0.991. The van der Waals surface area contributed by atoms with Gasteiger partial charge in [-0.3, -0.25) is 14.5 Å². The molecule has 1 fully saturated rings. The highest BCUT2D eigenvalue weighted by Crippen LogP contribution is 2.19. The number of hydrogen-bond donors (Lipinski definition) is 3. The summed E-state index contributed by atoms with van der Waals surface area (Å²) in [5.41, 5.74) is 2.20. The number of piperidine rings is 1. The predicted octanol–water partition coefficient (Wildman–Crippen LogP) is 1.91. The van der Waals surface area contributed by atoms with E-state index in [1.807, 2.05) is 20.8 Å². The number of nitrogens with zero attached hydrogens (tertiary/aromatic N) is 3. The lowest BCUT2D eigenvalue weighted by Gasteiger charge is -2.39. The number of thiazole rings is 1. The Bertz CT molecular complexity index is 1090. The number of imidazole rings is 1. The molecule has 0 radical (unpaired) electrons. The Labute approximate surface area is 230 Å². The van der Waals surface area contributed by atoms with Gasteiger partial charge in [-0.1, -0.05) is 18.5 Å². The first kappa shape index (κ1) is 30.0.